The Labute approximate surface area is 165 Å². The fourth-order valence-electron chi connectivity index (χ4n) is 2.87. The molecular formula is C17H31FN2O5SSi. The number of amides is 1. The summed E-state index contributed by atoms with van der Waals surface area (Å²) in [6, 6.07) is -0.817. The maximum absolute atomic E-state index is 15.5. The summed E-state index contributed by atoms with van der Waals surface area (Å²) < 4.78 is 27.8. The number of amidine groups is 1. The summed E-state index contributed by atoms with van der Waals surface area (Å²) in [6.45, 7) is 12.1. The highest BCUT2D eigenvalue weighted by molar-refractivity contribution is 8.14. The second kappa shape index (κ2) is 8.36. The second-order valence-electron chi connectivity index (χ2n) is 8.39. The number of halogens is 1. The highest BCUT2D eigenvalue weighted by Gasteiger charge is 2.53. The third-order valence-electron chi connectivity index (χ3n) is 5.50. The van der Waals surface area contributed by atoms with Gasteiger partial charge < -0.3 is 19.4 Å². The first-order valence-electron chi connectivity index (χ1n) is 9.26. The first kappa shape index (κ1) is 22.6. The van der Waals surface area contributed by atoms with Crippen molar-refractivity contribution >= 4 is 31.3 Å². The van der Waals surface area contributed by atoms with Gasteiger partial charge >= 0.3 is 6.09 Å². The minimum atomic E-state index is -2.27. The SMILES string of the molecule is CCN(C(=O)O)C1=N[C@@H]2[C@H](F)[C@H](O[Si](C)(C)C(C)(C)C)[C@@H](CCO)O[C@@H]2S1. The Hall–Kier alpha value is -0.683. The number of hydrogen-bond acceptors (Lipinski definition) is 6. The third-order valence-corrected chi connectivity index (χ3v) is 11.1. The molecule has 0 aromatic carbocycles. The van der Waals surface area contributed by atoms with Crippen molar-refractivity contribution in [2.75, 3.05) is 13.2 Å². The number of carboxylic acid groups (broad SMARTS) is 1. The van der Waals surface area contributed by atoms with Crippen LogP contribution < -0.4 is 0 Å². The molecule has 0 spiro atoms. The highest BCUT2D eigenvalue weighted by Crippen LogP contribution is 2.44. The van der Waals surface area contributed by atoms with Crippen LogP contribution in [0.1, 0.15) is 34.1 Å². The summed E-state index contributed by atoms with van der Waals surface area (Å²) in [6.07, 6.45) is -3.72. The summed E-state index contributed by atoms with van der Waals surface area (Å²) in [5.41, 5.74) is -0.612. The highest BCUT2D eigenvalue weighted by atomic mass is 32.2. The molecule has 0 aromatic heterocycles. The summed E-state index contributed by atoms with van der Waals surface area (Å²) in [5.74, 6) is 0. The molecule has 2 N–H and O–H groups in total. The largest absolute Gasteiger partial charge is 0.465 e. The molecule has 2 aliphatic rings. The van der Waals surface area contributed by atoms with E-state index in [1.54, 1.807) is 6.92 Å². The molecule has 0 bridgehead atoms. The number of aliphatic hydroxyl groups is 1. The molecule has 1 amide bonds. The van der Waals surface area contributed by atoms with E-state index in [0.717, 1.165) is 16.7 Å². The third kappa shape index (κ3) is 4.67. The van der Waals surface area contributed by atoms with Crippen LogP contribution in [0.2, 0.25) is 18.1 Å². The van der Waals surface area contributed by atoms with Gasteiger partial charge in [0.25, 0.3) is 0 Å². The van der Waals surface area contributed by atoms with Crippen molar-refractivity contribution < 1.29 is 28.6 Å². The summed E-state index contributed by atoms with van der Waals surface area (Å²) in [4.78, 5) is 16.8. The van der Waals surface area contributed by atoms with E-state index >= 15 is 4.39 Å². The molecule has 10 heteroatoms. The number of hydrogen-bond donors (Lipinski definition) is 2. The van der Waals surface area contributed by atoms with Crippen molar-refractivity contribution in [3.8, 4) is 0 Å². The zero-order chi connectivity index (χ0) is 20.6. The first-order valence-corrected chi connectivity index (χ1v) is 13.0. The van der Waals surface area contributed by atoms with E-state index in [2.05, 4.69) is 25.8 Å². The molecule has 2 heterocycles. The number of thioether (sulfide) groups is 1. The first-order chi connectivity index (χ1) is 12.4. The van der Waals surface area contributed by atoms with Gasteiger partial charge in [0.1, 0.15) is 17.6 Å². The molecule has 0 aromatic rings. The van der Waals surface area contributed by atoms with E-state index < -0.39 is 44.3 Å². The smallest absolute Gasteiger partial charge is 0.413 e. The quantitative estimate of drug-likeness (QED) is 0.661. The maximum Gasteiger partial charge on any atom is 0.413 e. The Morgan fingerprint density at radius 2 is 2.07 bits per heavy atom. The van der Waals surface area contributed by atoms with Crippen LogP contribution in [0.4, 0.5) is 9.18 Å². The molecule has 1 saturated heterocycles. The van der Waals surface area contributed by atoms with Crippen LogP contribution in [0.5, 0.6) is 0 Å². The van der Waals surface area contributed by atoms with E-state index in [-0.39, 0.29) is 29.8 Å². The number of carbonyl (C=O) groups is 1. The average molecular weight is 423 g/mol. The normalized spacial score (nSPS) is 31.4. The minimum absolute atomic E-state index is 0.103. The van der Waals surface area contributed by atoms with Crippen LogP contribution in [-0.2, 0) is 9.16 Å². The van der Waals surface area contributed by atoms with Gasteiger partial charge in [-0.1, -0.05) is 32.5 Å². The van der Waals surface area contributed by atoms with Crippen molar-refractivity contribution in [2.24, 2.45) is 4.99 Å². The van der Waals surface area contributed by atoms with Gasteiger partial charge in [-0.15, -0.1) is 0 Å². The van der Waals surface area contributed by atoms with Gasteiger partial charge in [0.2, 0.25) is 0 Å². The maximum atomic E-state index is 15.5. The summed E-state index contributed by atoms with van der Waals surface area (Å²) in [5, 5.41) is 18.9. The fourth-order valence-corrected chi connectivity index (χ4v) is 5.46. The number of aliphatic imine (C=N–C) groups is 1. The predicted octanol–water partition coefficient (Wildman–Crippen LogP) is 3.29. The Kier molecular flexibility index (Phi) is 7.00. The number of rotatable bonds is 5. The fraction of sp³-hybridized carbons (Fsp3) is 0.882. The van der Waals surface area contributed by atoms with E-state index in [4.69, 9.17) is 9.16 Å². The standard InChI is InChI=1S/C17H31FN2O5SSi/c1-7-20(16(22)23)15-19-12-11(18)13(25-27(5,6)17(2,3)4)10(8-9-21)24-14(12)26-15/h10-14,21H,7-9H2,1-6H3,(H,22,23)/t10-,11+,12-,13-,14-/m1/s1. The molecule has 2 rings (SSSR count). The van der Waals surface area contributed by atoms with Crippen LogP contribution in [0, 0.1) is 0 Å². The minimum Gasteiger partial charge on any atom is -0.465 e. The molecule has 0 aliphatic carbocycles. The molecule has 1 fully saturated rings. The molecule has 5 atom stereocenters. The zero-order valence-electron chi connectivity index (χ0n) is 16.8. The van der Waals surface area contributed by atoms with Crippen molar-refractivity contribution in [3.63, 3.8) is 0 Å². The van der Waals surface area contributed by atoms with Gasteiger partial charge in [-0.05, 0) is 31.5 Å². The van der Waals surface area contributed by atoms with Gasteiger partial charge in [-0.25, -0.2) is 9.18 Å². The number of aliphatic hydroxyl groups excluding tert-OH is 1. The second-order valence-corrected chi connectivity index (χ2v) is 14.2. The van der Waals surface area contributed by atoms with E-state index in [1.165, 1.54) is 0 Å². The Bertz CT molecular complexity index is 586. The van der Waals surface area contributed by atoms with Crippen LogP contribution in [0.15, 0.2) is 4.99 Å². The van der Waals surface area contributed by atoms with E-state index in [1.807, 2.05) is 13.1 Å². The van der Waals surface area contributed by atoms with Crippen LogP contribution >= 0.6 is 11.8 Å². The van der Waals surface area contributed by atoms with E-state index in [0.29, 0.717) is 0 Å². The molecule has 0 saturated carbocycles. The summed E-state index contributed by atoms with van der Waals surface area (Å²) >= 11 is 1.12. The molecule has 0 radical (unpaired) electrons. The molecule has 27 heavy (non-hydrogen) atoms. The van der Waals surface area contributed by atoms with Crippen molar-refractivity contribution in [3.05, 3.63) is 0 Å². The van der Waals surface area contributed by atoms with Crippen LogP contribution in [-0.4, -0.2) is 77.7 Å². The van der Waals surface area contributed by atoms with Gasteiger partial charge in [-0.3, -0.25) is 9.89 Å². The van der Waals surface area contributed by atoms with Crippen molar-refractivity contribution in [1.29, 1.82) is 0 Å². The Balaban J connectivity index is 2.27. The van der Waals surface area contributed by atoms with Crippen LogP contribution in [0.25, 0.3) is 0 Å². The lowest BCUT2D eigenvalue weighted by molar-refractivity contribution is -0.130. The molecule has 2 aliphatic heterocycles. The lowest BCUT2D eigenvalue weighted by Gasteiger charge is -2.46. The predicted molar refractivity (Wildman–Crippen MR) is 107 cm³/mol. The lowest BCUT2D eigenvalue weighted by Crippen LogP contribution is -2.58. The lowest BCUT2D eigenvalue weighted by atomic mass is 9.98. The Morgan fingerprint density at radius 1 is 1.44 bits per heavy atom. The number of fused-ring (bicyclic) bond motifs is 1. The molecule has 156 valence electrons. The molecular weight excluding hydrogens is 391 g/mol. The number of nitrogens with zero attached hydrogens (tertiary/aromatic N) is 2. The topological polar surface area (TPSA) is 91.6 Å². The summed E-state index contributed by atoms with van der Waals surface area (Å²) in [7, 11) is -2.27. The van der Waals surface area contributed by atoms with E-state index in [9.17, 15) is 15.0 Å². The van der Waals surface area contributed by atoms with Crippen molar-refractivity contribution in [2.45, 2.75) is 82.1 Å². The number of alkyl halides is 1. The monoisotopic (exact) mass is 422 g/mol. The van der Waals surface area contributed by atoms with Gasteiger partial charge in [0.15, 0.2) is 19.7 Å². The van der Waals surface area contributed by atoms with Gasteiger partial charge in [-0.2, -0.15) is 0 Å². The van der Waals surface area contributed by atoms with Gasteiger partial charge in [0, 0.05) is 13.2 Å². The average Bonchev–Trinajstić information content (AvgIpc) is 2.94. The Morgan fingerprint density at radius 3 is 2.56 bits per heavy atom. The van der Waals surface area contributed by atoms with Gasteiger partial charge in [0.05, 0.1) is 6.10 Å². The molecule has 7 nitrogen and oxygen atoms in total. The number of ether oxygens (including phenoxy) is 1. The zero-order valence-corrected chi connectivity index (χ0v) is 18.6. The molecule has 0 unspecified atom stereocenters. The van der Waals surface area contributed by atoms with Crippen LogP contribution in [0.3, 0.4) is 0 Å². The van der Waals surface area contributed by atoms with Crippen molar-refractivity contribution in [1.82, 2.24) is 4.90 Å².